The topological polar surface area (TPSA) is 57.7 Å². The number of sulfonamides is 1. The Morgan fingerprint density at radius 3 is 2.28 bits per heavy atom. The molecule has 1 saturated heterocycles. The van der Waals surface area contributed by atoms with E-state index < -0.39 is 10.0 Å². The zero-order chi connectivity index (χ0) is 18.2. The lowest BCUT2D eigenvalue weighted by Gasteiger charge is -2.33. The van der Waals surface area contributed by atoms with E-state index in [-0.39, 0.29) is 5.91 Å². The van der Waals surface area contributed by atoms with Gasteiger partial charge in [0.2, 0.25) is 0 Å². The fraction of sp³-hybridized carbons (Fsp3) is 0.353. The van der Waals surface area contributed by atoms with Gasteiger partial charge in [0, 0.05) is 31.7 Å². The van der Waals surface area contributed by atoms with Crippen molar-refractivity contribution >= 4 is 43.2 Å². The quantitative estimate of drug-likeness (QED) is 0.732. The van der Waals surface area contributed by atoms with Crippen LogP contribution in [0.3, 0.4) is 0 Å². The second-order valence-corrected chi connectivity index (χ2v) is 10.7. The summed E-state index contributed by atoms with van der Waals surface area (Å²) in [4.78, 5) is 14.4. The minimum absolute atomic E-state index is 0.0426. The number of piperazine rings is 1. The van der Waals surface area contributed by atoms with Gasteiger partial charge in [-0.15, -0.1) is 11.3 Å². The Hall–Kier alpha value is -1.22. The monoisotopic (exact) mass is 442 g/mol. The lowest BCUT2D eigenvalue weighted by Crippen LogP contribution is -2.50. The molecule has 5 nitrogen and oxygen atoms in total. The number of aryl methyl sites for hydroxylation is 2. The molecule has 25 heavy (non-hydrogen) atoms. The number of hydrogen-bond donors (Lipinski definition) is 0. The molecule has 0 radical (unpaired) electrons. The predicted octanol–water partition coefficient (Wildman–Crippen LogP) is 3.27. The van der Waals surface area contributed by atoms with E-state index in [9.17, 15) is 13.2 Å². The highest BCUT2D eigenvalue weighted by Gasteiger charge is 2.31. The molecular formula is C17H19BrN2O3S2. The predicted molar refractivity (Wildman–Crippen MR) is 103 cm³/mol. The van der Waals surface area contributed by atoms with Crippen molar-refractivity contribution in [2.24, 2.45) is 0 Å². The first-order valence-corrected chi connectivity index (χ1v) is 11.0. The third-order valence-electron chi connectivity index (χ3n) is 4.42. The van der Waals surface area contributed by atoms with E-state index in [0.717, 1.165) is 14.9 Å². The van der Waals surface area contributed by atoms with Gasteiger partial charge >= 0.3 is 0 Å². The summed E-state index contributed by atoms with van der Waals surface area (Å²) in [6.45, 7) is 5.42. The third kappa shape index (κ3) is 3.81. The number of carbonyl (C=O) groups excluding carboxylic acids is 1. The largest absolute Gasteiger partial charge is 0.336 e. The van der Waals surface area contributed by atoms with Crippen LogP contribution in [-0.2, 0) is 10.0 Å². The Morgan fingerprint density at radius 1 is 1.04 bits per heavy atom. The van der Waals surface area contributed by atoms with E-state index in [1.165, 1.54) is 15.6 Å². The number of amides is 1. The summed E-state index contributed by atoms with van der Waals surface area (Å²) in [5.74, 6) is -0.0426. The van der Waals surface area contributed by atoms with Gasteiger partial charge in [0.1, 0.15) is 4.21 Å². The normalized spacial score (nSPS) is 16.2. The first-order valence-electron chi connectivity index (χ1n) is 7.91. The van der Waals surface area contributed by atoms with Crippen molar-refractivity contribution in [3.05, 3.63) is 50.8 Å². The Morgan fingerprint density at radius 2 is 1.72 bits per heavy atom. The van der Waals surface area contributed by atoms with E-state index >= 15 is 0 Å². The Balaban J connectivity index is 1.69. The van der Waals surface area contributed by atoms with Gasteiger partial charge in [-0.3, -0.25) is 4.79 Å². The van der Waals surface area contributed by atoms with Crippen LogP contribution in [0.4, 0.5) is 0 Å². The Kier molecular flexibility index (Phi) is 5.34. The van der Waals surface area contributed by atoms with Gasteiger partial charge in [-0.2, -0.15) is 4.31 Å². The van der Waals surface area contributed by atoms with Gasteiger partial charge in [-0.05, 0) is 65.2 Å². The molecule has 0 unspecified atom stereocenters. The molecule has 0 atom stereocenters. The van der Waals surface area contributed by atoms with Gasteiger partial charge in [0.15, 0.2) is 0 Å². The number of benzene rings is 1. The van der Waals surface area contributed by atoms with E-state index in [2.05, 4.69) is 15.9 Å². The number of carbonyl (C=O) groups is 1. The molecule has 1 aliphatic heterocycles. The molecule has 8 heteroatoms. The van der Waals surface area contributed by atoms with Crippen molar-refractivity contribution in [1.29, 1.82) is 0 Å². The minimum Gasteiger partial charge on any atom is -0.336 e. The molecule has 2 heterocycles. The fourth-order valence-corrected chi connectivity index (χ4v) is 6.34. The summed E-state index contributed by atoms with van der Waals surface area (Å²) in [6.07, 6.45) is 0. The summed E-state index contributed by atoms with van der Waals surface area (Å²) in [5, 5.41) is 0. The van der Waals surface area contributed by atoms with Crippen molar-refractivity contribution in [3.63, 3.8) is 0 Å². The maximum atomic E-state index is 12.6. The van der Waals surface area contributed by atoms with Crippen LogP contribution in [0.1, 0.15) is 21.5 Å². The highest BCUT2D eigenvalue weighted by Crippen LogP contribution is 2.29. The molecule has 1 aromatic heterocycles. The van der Waals surface area contributed by atoms with Crippen LogP contribution in [0, 0.1) is 13.8 Å². The van der Waals surface area contributed by atoms with Gasteiger partial charge in [0.05, 0.1) is 3.79 Å². The zero-order valence-corrected chi connectivity index (χ0v) is 17.2. The van der Waals surface area contributed by atoms with Crippen molar-refractivity contribution in [2.75, 3.05) is 26.2 Å². The van der Waals surface area contributed by atoms with Crippen LogP contribution < -0.4 is 0 Å². The van der Waals surface area contributed by atoms with Crippen molar-refractivity contribution in [1.82, 2.24) is 9.21 Å². The first-order chi connectivity index (χ1) is 11.8. The number of thiophene rings is 1. The maximum Gasteiger partial charge on any atom is 0.253 e. The van der Waals surface area contributed by atoms with E-state index in [0.29, 0.717) is 36.0 Å². The molecular weight excluding hydrogens is 424 g/mol. The zero-order valence-electron chi connectivity index (χ0n) is 14.0. The molecule has 1 amide bonds. The summed E-state index contributed by atoms with van der Waals surface area (Å²) in [7, 11) is -3.48. The average Bonchev–Trinajstić information content (AvgIpc) is 3.04. The number of halogens is 1. The second-order valence-electron chi connectivity index (χ2n) is 6.05. The van der Waals surface area contributed by atoms with Crippen LogP contribution in [0.25, 0.3) is 0 Å². The standard InChI is InChI=1S/C17H19BrN2O3S2/c1-12-3-4-14(11-13(12)2)17(21)19-7-9-20(10-8-19)25(22,23)16-6-5-15(18)24-16/h3-6,11H,7-10H2,1-2H3. The van der Waals surface area contributed by atoms with E-state index in [1.54, 1.807) is 17.0 Å². The Bertz CT molecular complexity index is 900. The second kappa shape index (κ2) is 7.19. The van der Waals surface area contributed by atoms with E-state index in [4.69, 9.17) is 0 Å². The molecule has 0 bridgehead atoms. The molecule has 0 N–H and O–H groups in total. The fourth-order valence-electron chi connectivity index (χ4n) is 2.75. The Labute approximate surface area is 160 Å². The summed E-state index contributed by atoms with van der Waals surface area (Å²) >= 11 is 4.50. The molecule has 134 valence electrons. The van der Waals surface area contributed by atoms with Gasteiger partial charge in [-0.25, -0.2) is 8.42 Å². The molecule has 3 rings (SSSR count). The lowest BCUT2D eigenvalue weighted by molar-refractivity contribution is 0.0698. The van der Waals surface area contributed by atoms with Gasteiger partial charge < -0.3 is 4.90 Å². The molecule has 1 fully saturated rings. The number of nitrogens with zero attached hydrogens (tertiary/aromatic N) is 2. The minimum atomic E-state index is -3.48. The van der Waals surface area contributed by atoms with E-state index in [1.807, 2.05) is 32.0 Å². The maximum absolute atomic E-state index is 12.6. The van der Waals surface area contributed by atoms with Crippen LogP contribution in [0.5, 0.6) is 0 Å². The highest BCUT2D eigenvalue weighted by molar-refractivity contribution is 9.11. The molecule has 2 aromatic rings. The lowest BCUT2D eigenvalue weighted by atomic mass is 10.1. The SMILES string of the molecule is Cc1ccc(C(=O)N2CCN(S(=O)(=O)c3ccc(Br)s3)CC2)cc1C. The average molecular weight is 443 g/mol. The highest BCUT2D eigenvalue weighted by atomic mass is 79.9. The van der Waals surface area contributed by atoms with Gasteiger partial charge in [0.25, 0.3) is 15.9 Å². The molecule has 0 saturated carbocycles. The first kappa shape index (κ1) is 18.6. The van der Waals surface area contributed by atoms with Crippen LogP contribution >= 0.6 is 27.3 Å². The summed E-state index contributed by atoms with van der Waals surface area (Å²) in [5.41, 5.74) is 2.88. The van der Waals surface area contributed by atoms with Crippen molar-refractivity contribution in [2.45, 2.75) is 18.1 Å². The smallest absolute Gasteiger partial charge is 0.253 e. The van der Waals surface area contributed by atoms with Crippen LogP contribution in [0.15, 0.2) is 38.3 Å². The van der Waals surface area contributed by atoms with Crippen LogP contribution in [-0.4, -0.2) is 49.7 Å². The van der Waals surface area contributed by atoms with Crippen molar-refractivity contribution < 1.29 is 13.2 Å². The summed E-state index contributed by atoms with van der Waals surface area (Å²) in [6, 6.07) is 9.01. The number of hydrogen-bond acceptors (Lipinski definition) is 4. The molecule has 1 aromatic carbocycles. The van der Waals surface area contributed by atoms with Crippen molar-refractivity contribution in [3.8, 4) is 0 Å². The number of rotatable bonds is 3. The van der Waals surface area contributed by atoms with Crippen LogP contribution in [0.2, 0.25) is 0 Å². The molecule has 0 aliphatic carbocycles. The summed E-state index contributed by atoms with van der Waals surface area (Å²) < 4.78 is 27.9. The van der Waals surface area contributed by atoms with Gasteiger partial charge in [-0.1, -0.05) is 6.07 Å². The molecule has 1 aliphatic rings. The molecule has 0 spiro atoms. The third-order valence-corrected chi connectivity index (χ3v) is 8.41.